The Morgan fingerprint density at radius 2 is 1.96 bits per heavy atom. The fourth-order valence-electron chi connectivity index (χ4n) is 2.49. The smallest absolute Gasteiger partial charge is 0.269 e. The summed E-state index contributed by atoms with van der Waals surface area (Å²) in [7, 11) is 0. The minimum Gasteiger partial charge on any atom is -0.490 e. The molecule has 0 fully saturated rings. The zero-order valence-electron chi connectivity index (χ0n) is 15.2. The highest BCUT2D eigenvalue weighted by Gasteiger charge is 2.21. The van der Waals surface area contributed by atoms with Gasteiger partial charge in [-0.1, -0.05) is 12.5 Å². The van der Waals surface area contributed by atoms with E-state index in [1.54, 1.807) is 12.1 Å². The Bertz CT molecular complexity index is 539. The lowest BCUT2D eigenvalue weighted by molar-refractivity contribution is -0.384. The Morgan fingerprint density at radius 1 is 1.29 bits per heavy atom. The molecule has 0 spiro atoms. The highest BCUT2D eigenvalue weighted by atomic mass is 16.6. The van der Waals surface area contributed by atoms with Gasteiger partial charge in [0.15, 0.2) is 0 Å². The Morgan fingerprint density at radius 3 is 2.50 bits per heavy atom. The molecular formula is C19H29NO4. The molecule has 0 saturated carbocycles. The number of nitro benzene ring substituents is 1. The highest BCUT2D eigenvalue weighted by molar-refractivity contribution is 5.36. The molecule has 24 heavy (non-hydrogen) atoms. The maximum atomic E-state index is 10.6. The molecule has 0 aromatic heterocycles. The van der Waals surface area contributed by atoms with Gasteiger partial charge in [-0.3, -0.25) is 10.1 Å². The number of benzene rings is 1. The molecule has 0 N–H and O–H groups in total. The summed E-state index contributed by atoms with van der Waals surface area (Å²) in [6, 6.07) is 6.14. The second-order valence-electron chi connectivity index (χ2n) is 6.20. The van der Waals surface area contributed by atoms with E-state index in [2.05, 4.69) is 26.8 Å². The molecule has 1 rings (SSSR count). The van der Waals surface area contributed by atoms with Gasteiger partial charge in [-0.25, -0.2) is 0 Å². The Balaban J connectivity index is 2.35. The van der Waals surface area contributed by atoms with Crippen molar-refractivity contribution >= 4 is 5.69 Å². The zero-order valence-corrected chi connectivity index (χ0v) is 15.2. The molecule has 1 aromatic carbocycles. The molecule has 1 aromatic rings. The minimum absolute atomic E-state index is 0.0235. The first kappa shape index (κ1) is 20.2. The monoisotopic (exact) mass is 335 g/mol. The van der Waals surface area contributed by atoms with Gasteiger partial charge in [0.2, 0.25) is 0 Å². The van der Waals surface area contributed by atoms with Crippen LogP contribution in [-0.2, 0) is 4.74 Å². The molecule has 0 aliphatic rings. The van der Waals surface area contributed by atoms with Crippen molar-refractivity contribution in [3.05, 3.63) is 46.0 Å². The normalized spacial score (nSPS) is 14.2. The maximum absolute atomic E-state index is 10.6. The fraction of sp³-hybridized carbons (Fsp3) is 0.579. The topological polar surface area (TPSA) is 61.6 Å². The summed E-state index contributed by atoms with van der Waals surface area (Å²) in [4.78, 5) is 10.2. The number of hydrogen-bond acceptors (Lipinski definition) is 4. The summed E-state index contributed by atoms with van der Waals surface area (Å²) >= 11 is 0. The predicted octanol–water partition coefficient (Wildman–Crippen LogP) is 5.30. The molecule has 5 heteroatoms. The summed E-state index contributed by atoms with van der Waals surface area (Å²) < 4.78 is 11.4. The van der Waals surface area contributed by atoms with Crippen molar-refractivity contribution in [2.24, 2.45) is 0 Å². The molecule has 0 heterocycles. The number of hydrogen-bond donors (Lipinski definition) is 0. The van der Waals surface area contributed by atoms with Gasteiger partial charge in [0.05, 0.1) is 10.5 Å². The van der Waals surface area contributed by atoms with Crippen molar-refractivity contribution in [2.75, 3.05) is 13.2 Å². The summed E-state index contributed by atoms with van der Waals surface area (Å²) in [5, 5.41) is 10.6. The van der Waals surface area contributed by atoms with E-state index in [9.17, 15) is 10.1 Å². The lowest BCUT2D eigenvalue weighted by Crippen LogP contribution is -2.27. The molecule has 0 aliphatic carbocycles. The molecule has 134 valence electrons. The summed E-state index contributed by atoms with van der Waals surface area (Å²) in [6.45, 7) is 9.70. The number of ether oxygens (including phenoxy) is 2. The second-order valence-corrected chi connectivity index (χ2v) is 6.20. The van der Waals surface area contributed by atoms with Crippen LogP contribution >= 0.6 is 0 Å². The largest absolute Gasteiger partial charge is 0.490 e. The van der Waals surface area contributed by atoms with Gasteiger partial charge in [0.25, 0.3) is 5.69 Å². The van der Waals surface area contributed by atoms with E-state index in [0.29, 0.717) is 12.4 Å². The average Bonchev–Trinajstić information content (AvgIpc) is 2.55. The molecule has 1 atom stereocenters. The molecule has 0 bridgehead atoms. The first-order valence-corrected chi connectivity index (χ1v) is 8.57. The molecule has 0 amide bonds. The maximum Gasteiger partial charge on any atom is 0.269 e. The number of nitro groups is 1. The number of rotatable bonds is 11. The quantitative estimate of drug-likeness (QED) is 0.313. The van der Waals surface area contributed by atoms with Gasteiger partial charge in [0, 0.05) is 18.7 Å². The van der Waals surface area contributed by atoms with Crippen LogP contribution in [0.4, 0.5) is 5.69 Å². The van der Waals surface area contributed by atoms with Gasteiger partial charge in [-0.15, -0.1) is 0 Å². The van der Waals surface area contributed by atoms with Gasteiger partial charge >= 0.3 is 0 Å². The Labute approximate surface area is 144 Å². The molecular weight excluding hydrogens is 306 g/mol. The minimum atomic E-state index is -0.417. The van der Waals surface area contributed by atoms with Crippen LogP contribution in [0.1, 0.15) is 53.4 Å². The van der Waals surface area contributed by atoms with E-state index < -0.39 is 4.92 Å². The first-order valence-electron chi connectivity index (χ1n) is 8.57. The fourth-order valence-corrected chi connectivity index (χ4v) is 2.49. The second kappa shape index (κ2) is 10.1. The van der Waals surface area contributed by atoms with E-state index in [1.165, 1.54) is 17.7 Å². The van der Waals surface area contributed by atoms with Crippen molar-refractivity contribution in [1.82, 2.24) is 0 Å². The number of nitrogens with zero attached hydrogens (tertiary/aromatic N) is 1. The van der Waals surface area contributed by atoms with E-state index in [-0.39, 0.29) is 11.3 Å². The van der Waals surface area contributed by atoms with Crippen LogP contribution in [0, 0.1) is 10.1 Å². The van der Waals surface area contributed by atoms with Gasteiger partial charge in [-0.05, 0) is 64.7 Å². The standard InChI is InChI=1S/C19H29NO4/c1-5-19(4,24-6-2)14-7-8-16(3)13-15-23-18-11-9-17(10-12-18)20(21)22/h9-13H,5-8,14-15H2,1-4H3. The molecule has 5 nitrogen and oxygen atoms in total. The summed E-state index contributed by atoms with van der Waals surface area (Å²) in [6.07, 6.45) is 6.24. The van der Waals surface area contributed by atoms with Crippen molar-refractivity contribution in [3.8, 4) is 5.75 Å². The van der Waals surface area contributed by atoms with Crippen LogP contribution in [-0.4, -0.2) is 23.7 Å². The summed E-state index contributed by atoms with van der Waals surface area (Å²) in [5.41, 5.74) is 1.33. The molecule has 0 radical (unpaired) electrons. The van der Waals surface area contributed by atoms with E-state index in [1.807, 2.05) is 6.92 Å². The van der Waals surface area contributed by atoms with E-state index in [0.717, 1.165) is 32.3 Å². The van der Waals surface area contributed by atoms with Crippen LogP contribution in [0.15, 0.2) is 35.9 Å². The lowest BCUT2D eigenvalue weighted by atomic mass is 9.94. The SMILES string of the molecule is CCOC(C)(CC)CCCC(C)=CCOc1ccc([N+](=O)[O-])cc1. The van der Waals surface area contributed by atoms with Crippen LogP contribution in [0.2, 0.25) is 0 Å². The van der Waals surface area contributed by atoms with Crippen molar-refractivity contribution < 1.29 is 14.4 Å². The highest BCUT2D eigenvalue weighted by Crippen LogP contribution is 2.24. The van der Waals surface area contributed by atoms with Crippen LogP contribution in [0.5, 0.6) is 5.75 Å². The van der Waals surface area contributed by atoms with Crippen molar-refractivity contribution in [2.45, 2.75) is 59.0 Å². The Hall–Kier alpha value is -1.88. The van der Waals surface area contributed by atoms with Crippen LogP contribution < -0.4 is 4.74 Å². The van der Waals surface area contributed by atoms with Crippen LogP contribution in [0.3, 0.4) is 0 Å². The van der Waals surface area contributed by atoms with E-state index >= 15 is 0 Å². The number of non-ortho nitro benzene ring substituents is 1. The lowest BCUT2D eigenvalue weighted by Gasteiger charge is -2.28. The van der Waals surface area contributed by atoms with Crippen molar-refractivity contribution in [1.29, 1.82) is 0 Å². The average molecular weight is 335 g/mol. The third-order valence-electron chi connectivity index (χ3n) is 4.25. The molecule has 1 unspecified atom stereocenters. The van der Waals surface area contributed by atoms with Crippen molar-refractivity contribution in [3.63, 3.8) is 0 Å². The molecule has 0 saturated heterocycles. The number of allylic oxidation sites excluding steroid dienone is 1. The third kappa shape index (κ3) is 7.13. The Kier molecular flexibility index (Phi) is 8.47. The predicted molar refractivity (Wildman–Crippen MR) is 96.5 cm³/mol. The van der Waals surface area contributed by atoms with E-state index in [4.69, 9.17) is 9.47 Å². The summed E-state index contributed by atoms with van der Waals surface area (Å²) in [5.74, 6) is 0.638. The third-order valence-corrected chi connectivity index (χ3v) is 4.25. The van der Waals surface area contributed by atoms with Crippen LogP contribution in [0.25, 0.3) is 0 Å². The van der Waals surface area contributed by atoms with Gasteiger partial charge in [0.1, 0.15) is 12.4 Å². The van der Waals surface area contributed by atoms with Gasteiger partial charge < -0.3 is 9.47 Å². The van der Waals surface area contributed by atoms with Gasteiger partial charge in [-0.2, -0.15) is 0 Å². The molecule has 0 aliphatic heterocycles. The first-order chi connectivity index (χ1) is 11.4. The zero-order chi connectivity index (χ0) is 18.0.